The lowest BCUT2D eigenvalue weighted by molar-refractivity contribution is -0.137. The number of rotatable bonds is 2. The van der Waals surface area contributed by atoms with Crippen LogP contribution in [0.15, 0.2) is 18.2 Å². The molecule has 2 nitrogen and oxygen atoms in total. The van der Waals surface area contributed by atoms with Gasteiger partial charge in [-0.15, -0.1) is 11.6 Å². The maximum absolute atomic E-state index is 13.0. The SMILES string of the molecule is O=C1CC(CCl)CN1c1c(Cl)cccc1C(F)(F)F. The van der Waals surface area contributed by atoms with Crippen molar-refractivity contribution in [1.29, 1.82) is 0 Å². The lowest BCUT2D eigenvalue weighted by Crippen LogP contribution is -2.27. The fraction of sp³-hybridized carbons (Fsp3) is 0.417. The van der Waals surface area contributed by atoms with Crippen molar-refractivity contribution in [2.75, 3.05) is 17.3 Å². The van der Waals surface area contributed by atoms with Crippen molar-refractivity contribution in [3.8, 4) is 0 Å². The lowest BCUT2D eigenvalue weighted by Gasteiger charge is -2.22. The zero-order valence-electron chi connectivity index (χ0n) is 9.68. The molecule has 1 aromatic carbocycles. The normalized spacial score (nSPS) is 20.2. The quantitative estimate of drug-likeness (QED) is 0.757. The van der Waals surface area contributed by atoms with Gasteiger partial charge < -0.3 is 4.90 Å². The highest BCUT2D eigenvalue weighted by molar-refractivity contribution is 6.34. The summed E-state index contributed by atoms with van der Waals surface area (Å²) in [6.07, 6.45) is -4.41. The molecule has 19 heavy (non-hydrogen) atoms. The number of anilines is 1. The van der Waals surface area contributed by atoms with Crippen LogP contribution in [-0.4, -0.2) is 18.3 Å². The minimum absolute atomic E-state index is 0.0848. The molecule has 104 valence electrons. The van der Waals surface area contributed by atoms with Gasteiger partial charge in [-0.25, -0.2) is 0 Å². The standard InChI is InChI=1S/C12H10Cl2F3NO/c13-5-7-4-10(19)18(6-7)11-8(12(15,16)17)2-1-3-9(11)14/h1-3,7H,4-6H2. The summed E-state index contributed by atoms with van der Waals surface area (Å²) >= 11 is 11.5. The van der Waals surface area contributed by atoms with Crippen molar-refractivity contribution in [2.24, 2.45) is 5.92 Å². The summed E-state index contributed by atoms with van der Waals surface area (Å²) in [5, 5.41) is -0.0848. The highest BCUT2D eigenvalue weighted by Gasteiger charge is 2.40. The molecule has 0 bridgehead atoms. The molecule has 1 aliphatic heterocycles. The molecule has 0 saturated carbocycles. The predicted octanol–water partition coefficient (Wildman–Crippen LogP) is 3.95. The molecule has 7 heteroatoms. The van der Waals surface area contributed by atoms with Crippen LogP contribution in [0, 0.1) is 5.92 Å². The second-order valence-electron chi connectivity index (χ2n) is 4.36. The molecule has 1 amide bonds. The molecule has 1 heterocycles. The van der Waals surface area contributed by atoms with E-state index in [4.69, 9.17) is 23.2 Å². The summed E-state index contributed by atoms with van der Waals surface area (Å²) in [5.41, 5.74) is -1.17. The average Bonchev–Trinajstić information content (AvgIpc) is 2.69. The molecule has 1 atom stereocenters. The first-order valence-electron chi connectivity index (χ1n) is 5.56. The highest BCUT2D eigenvalue weighted by Crippen LogP contribution is 2.42. The molecule has 0 aliphatic carbocycles. The van der Waals surface area contributed by atoms with E-state index in [0.29, 0.717) is 0 Å². The summed E-state index contributed by atoms with van der Waals surface area (Å²) in [6, 6.07) is 3.48. The third kappa shape index (κ3) is 2.82. The number of nitrogens with zero attached hydrogens (tertiary/aromatic N) is 1. The minimum Gasteiger partial charge on any atom is -0.310 e. The number of benzene rings is 1. The van der Waals surface area contributed by atoms with Crippen LogP contribution in [0.5, 0.6) is 0 Å². The fourth-order valence-electron chi connectivity index (χ4n) is 2.12. The molecular weight excluding hydrogens is 302 g/mol. The van der Waals surface area contributed by atoms with Crippen LogP contribution in [0.1, 0.15) is 12.0 Å². The zero-order valence-corrected chi connectivity index (χ0v) is 11.2. The third-order valence-electron chi connectivity index (χ3n) is 2.99. The number of hydrogen-bond donors (Lipinski definition) is 0. The molecular formula is C12H10Cl2F3NO. The van der Waals surface area contributed by atoms with Crippen molar-refractivity contribution in [1.82, 2.24) is 0 Å². The van der Waals surface area contributed by atoms with Crippen LogP contribution in [0.2, 0.25) is 5.02 Å². The van der Waals surface area contributed by atoms with Gasteiger partial charge in [-0.2, -0.15) is 13.2 Å². The van der Waals surface area contributed by atoms with Crippen molar-refractivity contribution < 1.29 is 18.0 Å². The van der Waals surface area contributed by atoms with Crippen molar-refractivity contribution >= 4 is 34.8 Å². The van der Waals surface area contributed by atoms with Gasteiger partial charge in [0.15, 0.2) is 0 Å². The molecule has 1 aliphatic rings. The Labute approximate surface area is 118 Å². The Morgan fingerprint density at radius 3 is 2.58 bits per heavy atom. The molecule has 1 unspecified atom stereocenters. The van der Waals surface area contributed by atoms with Gasteiger partial charge in [0.05, 0.1) is 16.3 Å². The molecule has 1 aromatic rings. The minimum atomic E-state index is -4.56. The monoisotopic (exact) mass is 311 g/mol. The average molecular weight is 312 g/mol. The van der Waals surface area contributed by atoms with E-state index < -0.39 is 11.7 Å². The number of carbonyl (C=O) groups is 1. The number of para-hydroxylation sites is 1. The van der Waals surface area contributed by atoms with Crippen LogP contribution >= 0.6 is 23.2 Å². The van der Waals surface area contributed by atoms with E-state index in [-0.39, 0.29) is 41.4 Å². The molecule has 0 N–H and O–H groups in total. The van der Waals surface area contributed by atoms with Crippen LogP contribution in [0.25, 0.3) is 0 Å². The van der Waals surface area contributed by atoms with Gasteiger partial charge in [0.2, 0.25) is 5.91 Å². The Hall–Kier alpha value is -0.940. The maximum atomic E-state index is 13.0. The first-order chi connectivity index (χ1) is 8.84. The van der Waals surface area contributed by atoms with Gasteiger partial charge in [0.1, 0.15) is 0 Å². The van der Waals surface area contributed by atoms with E-state index in [0.717, 1.165) is 11.0 Å². The smallest absolute Gasteiger partial charge is 0.310 e. The number of alkyl halides is 4. The molecule has 0 aromatic heterocycles. The predicted molar refractivity (Wildman–Crippen MR) is 67.6 cm³/mol. The van der Waals surface area contributed by atoms with Crippen molar-refractivity contribution in [3.05, 3.63) is 28.8 Å². The summed E-state index contributed by atoms with van der Waals surface area (Å²) < 4.78 is 38.9. The van der Waals surface area contributed by atoms with Crippen LogP contribution < -0.4 is 4.90 Å². The van der Waals surface area contributed by atoms with Gasteiger partial charge in [-0.1, -0.05) is 17.7 Å². The summed E-state index contributed by atoms with van der Waals surface area (Å²) in [7, 11) is 0. The summed E-state index contributed by atoms with van der Waals surface area (Å²) in [6.45, 7) is 0.162. The maximum Gasteiger partial charge on any atom is 0.418 e. The number of halogens is 5. The van der Waals surface area contributed by atoms with Gasteiger partial charge in [0.25, 0.3) is 0 Å². The number of amides is 1. The topological polar surface area (TPSA) is 20.3 Å². The Morgan fingerprint density at radius 2 is 2.05 bits per heavy atom. The van der Waals surface area contributed by atoms with Gasteiger partial charge in [0, 0.05) is 18.8 Å². The Balaban J connectivity index is 2.48. The highest BCUT2D eigenvalue weighted by atomic mass is 35.5. The van der Waals surface area contributed by atoms with E-state index in [1.54, 1.807) is 0 Å². The van der Waals surface area contributed by atoms with E-state index in [2.05, 4.69) is 0 Å². The fourth-order valence-corrected chi connectivity index (χ4v) is 2.60. The first kappa shape index (κ1) is 14.5. The molecule has 2 rings (SSSR count). The van der Waals surface area contributed by atoms with E-state index in [1.807, 2.05) is 0 Å². The lowest BCUT2D eigenvalue weighted by atomic mass is 10.1. The van der Waals surface area contributed by atoms with E-state index in [1.165, 1.54) is 12.1 Å². The summed E-state index contributed by atoms with van der Waals surface area (Å²) in [5.74, 6) is -0.301. The Kier molecular flexibility index (Phi) is 3.97. The zero-order chi connectivity index (χ0) is 14.2. The van der Waals surface area contributed by atoms with Crippen LogP contribution in [0.4, 0.5) is 18.9 Å². The largest absolute Gasteiger partial charge is 0.418 e. The molecule has 1 saturated heterocycles. The Bertz CT molecular complexity index is 504. The number of hydrogen-bond acceptors (Lipinski definition) is 1. The van der Waals surface area contributed by atoms with Gasteiger partial charge in [-0.3, -0.25) is 4.79 Å². The van der Waals surface area contributed by atoms with Gasteiger partial charge >= 0.3 is 6.18 Å². The molecule has 0 spiro atoms. The van der Waals surface area contributed by atoms with Crippen molar-refractivity contribution in [2.45, 2.75) is 12.6 Å². The van der Waals surface area contributed by atoms with E-state index >= 15 is 0 Å². The van der Waals surface area contributed by atoms with Crippen molar-refractivity contribution in [3.63, 3.8) is 0 Å². The second-order valence-corrected chi connectivity index (χ2v) is 5.08. The van der Waals surface area contributed by atoms with Crippen LogP contribution in [0.3, 0.4) is 0 Å². The summed E-state index contributed by atoms with van der Waals surface area (Å²) in [4.78, 5) is 12.9. The molecule has 1 fully saturated rings. The second kappa shape index (κ2) is 5.21. The molecule has 0 radical (unpaired) electrons. The Morgan fingerprint density at radius 1 is 1.37 bits per heavy atom. The van der Waals surface area contributed by atoms with Crippen LogP contribution in [-0.2, 0) is 11.0 Å². The van der Waals surface area contributed by atoms with Gasteiger partial charge in [-0.05, 0) is 18.1 Å². The van der Waals surface area contributed by atoms with E-state index in [9.17, 15) is 18.0 Å². The third-order valence-corrected chi connectivity index (χ3v) is 3.73. The number of carbonyl (C=O) groups excluding carboxylic acids is 1. The first-order valence-corrected chi connectivity index (χ1v) is 6.48.